The topological polar surface area (TPSA) is 93.1 Å². The minimum Gasteiger partial charge on any atom is -0.481 e. The van der Waals surface area contributed by atoms with Gasteiger partial charge in [0.1, 0.15) is 6.61 Å². The lowest BCUT2D eigenvalue weighted by molar-refractivity contribution is -0.174. The summed E-state index contributed by atoms with van der Waals surface area (Å²) in [6, 6.07) is 0. The molecule has 7 nitrogen and oxygen atoms in total. The van der Waals surface area contributed by atoms with E-state index in [1.54, 1.807) is 6.92 Å². The van der Waals surface area contributed by atoms with E-state index in [1.165, 1.54) is 0 Å². The molecule has 0 saturated heterocycles. The fourth-order valence-corrected chi connectivity index (χ4v) is 5.75. The Labute approximate surface area is 227 Å². The highest BCUT2D eigenvalue weighted by Crippen LogP contribution is 2.54. The summed E-state index contributed by atoms with van der Waals surface area (Å²) in [5.41, 5.74) is -4.21. The first-order valence-corrected chi connectivity index (χ1v) is 13.9. The number of aliphatic carboxylic acids is 1. The SMILES string of the molecule is CCCCOC(=O)C(C)(CC(C)(CC(C)(C)C)C(=O)OCCN(C)C)CC(CCC)(C(=O)O)C(C)(C)C. The Balaban J connectivity index is 6.72. The molecule has 0 heterocycles. The molecule has 0 aromatic rings. The van der Waals surface area contributed by atoms with E-state index < -0.39 is 33.6 Å². The van der Waals surface area contributed by atoms with Gasteiger partial charge in [-0.1, -0.05) is 68.2 Å². The van der Waals surface area contributed by atoms with Crippen LogP contribution in [0.15, 0.2) is 0 Å². The summed E-state index contributed by atoms with van der Waals surface area (Å²) in [7, 11) is 3.83. The van der Waals surface area contributed by atoms with Crippen molar-refractivity contribution < 1.29 is 29.0 Å². The van der Waals surface area contributed by atoms with Crippen LogP contribution in [0.2, 0.25) is 0 Å². The third kappa shape index (κ3) is 10.6. The Hall–Kier alpha value is -1.63. The summed E-state index contributed by atoms with van der Waals surface area (Å²) in [6.07, 6.45) is 3.41. The molecule has 0 amide bonds. The van der Waals surface area contributed by atoms with Crippen LogP contribution in [-0.4, -0.2) is 61.8 Å². The van der Waals surface area contributed by atoms with E-state index in [0.717, 1.165) is 12.8 Å². The smallest absolute Gasteiger partial charge is 0.311 e. The van der Waals surface area contributed by atoms with Gasteiger partial charge >= 0.3 is 17.9 Å². The molecule has 3 atom stereocenters. The molecular formula is C30H57NO6. The molecular weight excluding hydrogens is 470 g/mol. The van der Waals surface area contributed by atoms with Gasteiger partial charge in [0, 0.05) is 6.54 Å². The van der Waals surface area contributed by atoms with E-state index >= 15 is 0 Å². The van der Waals surface area contributed by atoms with Crippen molar-refractivity contribution in [2.24, 2.45) is 27.1 Å². The third-order valence-electron chi connectivity index (χ3n) is 7.40. The maximum absolute atomic E-state index is 13.8. The minimum absolute atomic E-state index is 0.0857. The summed E-state index contributed by atoms with van der Waals surface area (Å²) in [5, 5.41) is 10.6. The molecule has 0 saturated carbocycles. The van der Waals surface area contributed by atoms with Gasteiger partial charge in [0.2, 0.25) is 0 Å². The standard InChI is InChI=1S/C30H57NO6/c1-13-15-18-36-25(35)29(10,22-30(16-14-2,23(32)33)27(6,7)8)21-28(9,20-26(3,4)5)24(34)37-19-17-31(11)12/h13-22H2,1-12H3,(H,32,33). The van der Waals surface area contributed by atoms with Crippen molar-refractivity contribution in [2.75, 3.05) is 33.9 Å². The van der Waals surface area contributed by atoms with Crippen molar-refractivity contribution in [1.82, 2.24) is 4.90 Å². The Morgan fingerprint density at radius 3 is 1.59 bits per heavy atom. The highest BCUT2D eigenvalue weighted by atomic mass is 16.5. The summed E-state index contributed by atoms with van der Waals surface area (Å²) in [6.45, 7) is 20.7. The van der Waals surface area contributed by atoms with Gasteiger partial charge in [0.25, 0.3) is 0 Å². The van der Waals surface area contributed by atoms with Crippen molar-refractivity contribution in [1.29, 1.82) is 0 Å². The van der Waals surface area contributed by atoms with E-state index in [4.69, 9.17) is 9.47 Å². The molecule has 0 bridgehead atoms. The number of carbonyl (C=O) groups excluding carboxylic acids is 2. The second-order valence-corrected chi connectivity index (χ2v) is 14.0. The molecule has 0 aliphatic carbocycles. The van der Waals surface area contributed by atoms with Gasteiger partial charge in [-0.15, -0.1) is 0 Å². The van der Waals surface area contributed by atoms with Crippen LogP contribution in [0.1, 0.15) is 114 Å². The van der Waals surface area contributed by atoms with E-state index in [-0.39, 0.29) is 37.4 Å². The van der Waals surface area contributed by atoms with E-state index in [1.807, 2.05) is 60.5 Å². The van der Waals surface area contributed by atoms with Gasteiger partial charge < -0.3 is 19.5 Å². The predicted octanol–water partition coefficient (Wildman–Crippen LogP) is 6.58. The lowest BCUT2D eigenvalue weighted by Gasteiger charge is -2.48. The molecule has 0 aromatic carbocycles. The zero-order valence-electron chi connectivity index (χ0n) is 26.0. The Morgan fingerprint density at radius 1 is 0.730 bits per heavy atom. The molecule has 7 heteroatoms. The largest absolute Gasteiger partial charge is 0.481 e. The molecule has 1 N–H and O–H groups in total. The molecule has 3 unspecified atom stereocenters. The predicted molar refractivity (Wildman–Crippen MR) is 149 cm³/mol. The first-order valence-electron chi connectivity index (χ1n) is 13.9. The Bertz CT molecular complexity index is 750. The fraction of sp³-hybridized carbons (Fsp3) is 0.900. The maximum Gasteiger partial charge on any atom is 0.311 e. The number of unbranched alkanes of at least 4 members (excludes halogenated alkanes) is 1. The molecule has 0 aliphatic heterocycles. The monoisotopic (exact) mass is 527 g/mol. The molecule has 0 fully saturated rings. The number of likely N-dealkylation sites (N-methyl/N-ethyl adjacent to an activating group) is 1. The molecule has 37 heavy (non-hydrogen) atoms. The molecule has 218 valence electrons. The first-order chi connectivity index (χ1) is 16.7. The lowest BCUT2D eigenvalue weighted by Crippen LogP contribution is -2.51. The van der Waals surface area contributed by atoms with Crippen LogP contribution in [0.3, 0.4) is 0 Å². The zero-order valence-corrected chi connectivity index (χ0v) is 26.0. The van der Waals surface area contributed by atoms with Crippen LogP contribution in [0, 0.1) is 27.1 Å². The minimum atomic E-state index is -1.20. The van der Waals surface area contributed by atoms with Crippen molar-refractivity contribution in [3.05, 3.63) is 0 Å². The normalized spacial score (nSPS) is 17.4. The Kier molecular flexibility index (Phi) is 13.3. The first kappa shape index (κ1) is 35.4. The van der Waals surface area contributed by atoms with Crippen LogP contribution in [0.4, 0.5) is 0 Å². The number of carbonyl (C=O) groups is 3. The van der Waals surface area contributed by atoms with Crippen LogP contribution in [0.5, 0.6) is 0 Å². The van der Waals surface area contributed by atoms with Crippen LogP contribution in [-0.2, 0) is 23.9 Å². The zero-order chi connectivity index (χ0) is 29.3. The second-order valence-electron chi connectivity index (χ2n) is 14.0. The van der Waals surface area contributed by atoms with Gasteiger partial charge in [0.15, 0.2) is 0 Å². The molecule has 0 radical (unpaired) electrons. The van der Waals surface area contributed by atoms with Crippen LogP contribution < -0.4 is 0 Å². The molecule has 0 aromatic heterocycles. The number of carboxylic acid groups (broad SMARTS) is 1. The number of hydrogen-bond donors (Lipinski definition) is 1. The van der Waals surface area contributed by atoms with Gasteiger partial charge in [-0.25, -0.2) is 0 Å². The second kappa shape index (κ2) is 14.0. The van der Waals surface area contributed by atoms with E-state index in [0.29, 0.717) is 25.8 Å². The van der Waals surface area contributed by atoms with Crippen LogP contribution >= 0.6 is 0 Å². The van der Waals surface area contributed by atoms with Gasteiger partial charge in [-0.2, -0.15) is 0 Å². The van der Waals surface area contributed by atoms with Gasteiger partial charge in [0.05, 0.1) is 22.9 Å². The molecule has 0 rings (SSSR count). The highest BCUT2D eigenvalue weighted by molar-refractivity contribution is 5.82. The summed E-state index contributed by atoms with van der Waals surface area (Å²) >= 11 is 0. The number of ether oxygens (including phenoxy) is 2. The summed E-state index contributed by atoms with van der Waals surface area (Å²) < 4.78 is 11.5. The number of rotatable bonds is 16. The summed E-state index contributed by atoms with van der Waals surface area (Å²) in [4.78, 5) is 42.2. The molecule has 0 spiro atoms. The average Bonchev–Trinajstić information content (AvgIpc) is 2.70. The number of nitrogens with zero attached hydrogens (tertiary/aromatic N) is 1. The van der Waals surface area contributed by atoms with E-state index in [2.05, 4.69) is 20.8 Å². The highest BCUT2D eigenvalue weighted by Gasteiger charge is 2.57. The van der Waals surface area contributed by atoms with Crippen molar-refractivity contribution in [3.63, 3.8) is 0 Å². The van der Waals surface area contributed by atoms with Gasteiger partial charge in [-0.3, -0.25) is 14.4 Å². The van der Waals surface area contributed by atoms with Crippen LogP contribution in [0.25, 0.3) is 0 Å². The fourth-order valence-electron chi connectivity index (χ4n) is 5.75. The number of carboxylic acids is 1. The number of hydrogen-bond acceptors (Lipinski definition) is 6. The van der Waals surface area contributed by atoms with Crippen molar-refractivity contribution in [2.45, 2.75) is 114 Å². The number of esters is 2. The summed E-state index contributed by atoms with van der Waals surface area (Å²) in [5.74, 6) is -1.71. The van der Waals surface area contributed by atoms with Crippen molar-refractivity contribution in [3.8, 4) is 0 Å². The average molecular weight is 528 g/mol. The maximum atomic E-state index is 13.8. The Morgan fingerprint density at radius 2 is 1.22 bits per heavy atom. The van der Waals surface area contributed by atoms with Crippen molar-refractivity contribution >= 4 is 17.9 Å². The third-order valence-corrected chi connectivity index (χ3v) is 7.40. The van der Waals surface area contributed by atoms with E-state index in [9.17, 15) is 19.5 Å². The quantitative estimate of drug-likeness (QED) is 0.179. The lowest BCUT2D eigenvalue weighted by atomic mass is 9.55. The van der Waals surface area contributed by atoms with Gasteiger partial charge in [-0.05, 0) is 70.9 Å². The molecule has 0 aliphatic rings.